The molecule has 0 saturated carbocycles. The van der Waals surface area contributed by atoms with Gasteiger partial charge < -0.3 is 10.1 Å². The fourth-order valence-electron chi connectivity index (χ4n) is 1.97. The van der Waals surface area contributed by atoms with Gasteiger partial charge in [0.1, 0.15) is 23.7 Å². The Bertz CT molecular complexity index is 755. The topological polar surface area (TPSA) is 81.5 Å². The highest BCUT2D eigenvalue weighted by atomic mass is 32.2. The van der Waals surface area contributed by atoms with E-state index in [0.717, 1.165) is 4.90 Å². The van der Waals surface area contributed by atoms with Gasteiger partial charge in [-0.05, 0) is 30.5 Å². The van der Waals surface area contributed by atoms with Gasteiger partial charge in [-0.3, -0.25) is 14.9 Å². The number of ether oxygens (including phenoxy) is 1. The van der Waals surface area contributed by atoms with Crippen LogP contribution in [0, 0.1) is 15.9 Å². The van der Waals surface area contributed by atoms with Gasteiger partial charge in [0.05, 0.1) is 11.5 Å². The summed E-state index contributed by atoms with van der Waals surface area (Å²) in [6.07, 6.45) is 1.82. The number of nitrogens with zero attached hydrogens (tertiary/aromatic N) is 1. The number of halogens is 1. The summed E-state index contributed by atoms with van der Waals surface area (Å²) in [5.41, 5.74) is -0.256. The Morgan fingerprint density at radius 3 is 2.79 bits per heavy atom. The van der Waals surface area contributed by atoms with Crippen LogP contribution >= 0.6 is 11.8 Å². The molecule has 126 valence electrons. The second-order valence-electron chi connectivity index (χ2n) is 4.70. The lowest BCUT2D eigenvalue weighted by Gasteiger charge is -2.09. The number of carbonyl (C=O) groups is 1. The zero-order valence-corrected chi connectivity index (χ0v) is 13.6. The first-order chi connectivity index (χ1) is 11.5. The molecule has 0 bridgehead atoms. The molecular weight excluding hydrogens is 335 g/mol. The van der Waals surface area contributed by atoms with Gasteiger partial charge >= 0.3 is 0 Å². The lowest BCUT2D eigenvalue weighted by atomic mass is 10.1. The van der Waals surface area contributed by atoms with Crippen molar-refractivity contribution in [2.24, 2.45) is 0 Å². The van der Waals surface area contributed by atoms with E-state index in [4.69, 9.17) is 4.74 Å². The number of thioether (sulfide) groups is 1. The molecule has 0 aliphatic heterocycles. The fraction of sp³-hybridized carbons (Fsp3) is 0.188. The molecule has 24 heavy (non-hydrogen) atoms. The summed E-state index contributed by atoms with van der Waals surface area (Å²) in [6.45, 7) is 0.251. The van der Waals surface area contributed by atoms with Crippen LogP contribution < -0.4 is 10.1 Å². The third kappa shape index (κ3) is 4.69. The quantitative estimate of drug-likeness (QED) is 0.359. The van der Waals surface area contributed by atoms with Crippen LogP contribution in [0.2, 0.25) is 0 Å². The Morgan fingerprint density at radius 1 is 1.33 bits per heavy atom. The number of hydrogen-bond donors (Lipinski definition) is 1. The van der Waals surface area contributed by atoms with Gasteiger partial charge in [0, 0.05) is 17.0 Å². The number of nitro benzene ring substituents is 1. The molecule has 6 nitrogen and oxygen atoms in total. The summed E-state index contributed by atoms with van der Waals surface area (Å²) >= 11 is 1.38. The largest absolute Gasteiger partial charge is 0.492 e. The molecule has 2 rings (SSSR count). The van der Waals surface area contributed by atoms with Crippen LogP contribution in [-0.2, 0) is 0 Å². The zero-order valence-electron chi connectivity index (χ0n) is 12.8. The molecule has 0 aliphatic rings. The van der Waals surface area contributed by atoms with Gasteiger partial charge in [0.25, 0.3) is 11.6 Å². The monoisotopic (exact) mass is 350 g/mol. The van der Waals surface area contributed by atoms with Crippen LogP contribution in [0.5, 0.6) is 5.75 Å². The summed E-state index contributed by atoms with van der Waals surface area (Å²) in [5.74, 6) is -0.624. The second kappa shape index (κ2) is 8.30. The number of carbonyl (C=O) groups excluding carboxylic acids is 1. The summed E-state index contributed by atoms with van der Waals surface area (Å²) in [5, 5.41) is 13.6. The van der Waals surface area contributed by atoms with Crippen LogP contribution in [0.25, 0.3) is 0 Å². The summed E-state index contributed by atoms with van der Waals surface area (Å²) in [4.78, 5) is 23.4. The maximum Gasteiger partial charge on any atom is 0.282 e. The Labute approximate surface area is 142 Å². The average Bonchev–Trinajstić information content (AvgIpc) is 2.58. The van der Waals surface area contributed by atoms with Crippen LogP contribution in [0.3, 0.4) is 0 Å². The molecule has 0 unspecified atom stereocenters. The molecule has 2 aromatic rings. The predicted octanol–water partition coefficient (Wildman–Crippen LogP) is 3.26. The maximum absolute atomic E-state index is 13.0. The first-order valence-corrected chi connectivity index (χ1v) is 8.22. The van der Waals surface area contributed by atoms with Crippen LogP contribution in [0.15, 0.2) is 47.4 Å². The first-order valence-electron chi connectivity index (χ1n) is 7.00. The molecule has 0 aromatic heterocycles. The Hall–Kier alpha value is -2.61. The Balaban J connectivity index is 1.96. The average molecular weight is 350 g/mol. The van der Waals surface area contributed by atoms with E-state index in [2.05, 4.69) is 5.32 Å². The van der Waals surface area contributed by atoms with E-state index < -0.39 is 16.6 Å². The molecule has 8 heteroatoms. The minimum absolute atomic E-state index is 0.00222. The third-order valence-electron chi connectivity index (χ3n) is 3.10. The molecule has 0 fully saturated rings. The van der Waals surface area contributed by atoms with E-state index in [0.29, 0.717) is 5.75 Å². The van der Waals surface area contributed by atoms with Gasteiger partial charge in [-0.25, -0.2) is 4.39 Å². The van der Waals surface area contributed by atoms with E-state index in [1.54, 1.807) is 12.1 Å². The van der Waals surface area contributed by atoms with Crippen molar-refractivity contribution in [3.8, 4) is 5.75 Å². The molecule has 2 aromatic carbocycles. The number of nitro groups is 1. The van der Waals surface area contributed by atoms with E-state index in [1.165, 1.54) is 42.1 Å². The number of hydrogen-bond acceptors (Lipinski definition) is 5. The van der Waals surface area contributed by atoms with Gasteiger partial charge in [-0.2, -0.15) is 0 Å². The summed E-state index contributed by atoms with van der Waals surface area (Å²) < 4.78 is 18.3. The normalized spacial score (nSPS) is 10.2. The second-order valence-corrected chi connectivity index (χ2v) is 5.58. The minimum atomic E-state index is -0.595. The molecule has 1 amide bonds. The Kier molecular flexibility index (Phi) is 6.14. The van der Waals surface area contributed by atoms with Crippen molar-refractivity contribution in [1.29, 1.82) is 0 Å². The number of amides is 1. The van der Waals surface area contributed by atoms with Crippen molar-refractivity contribution in [2.45, 2.75) is 4.90 Å². The van der Waals surface area contributed by atoms with E-state index in [-0.39, 0.29) is 24.4 Å². The first kappa shape index (κ1) is 17.7. The molecule has 0 aliphatic carbocycles. The Morgan fingerprint density at radius 2 is 2.12 bits per heavy atom. The molecular formula is C16H15FN2O4S. The number of rotatable bonds is 7. The minimum Gasteiger partial charge on any atom is -0.492 e. The number of nitrogens with one attached hydrogen (secondary N) is 1. The van der Waals surface area contributed by atoms with Gasteiger partial charge in [0.2, 0.25) is 0 Å². The van der Waals surface area contributed by atoms with Crippen LogP contribution in [-0.4, -0.2) is 30.2 Å². The van der Waals surface area contributed by atoms with Crippen molar-refractivity contribution in [2.75, 3.05) is 19.4 Å². The van der Waals surface area contributed by atoms with Crippen molar-refractivity contribution >= 4 is 23.4 Å². The summed E-state index contributed by atoms with van der Waals surface area (Å²) in [7, 11) is 0. The lowest BCUT2D eigenvalue weighted by molar-refractivity contribution is -0.385. The standard InChI is InChI=1S/C16H15FN2O4S/c1-24-13-5-6-15(19(21)22)14(10-13)16(20)18-7-8-23-12-4-2-3-11(17)9-12/h2-6,9-10H,7-8H2,1H3,(H,18,20). The molecule has 0 heterocycles. The van der Waals surface area contributed by atoms with Gasteiger partial charge in [0.15, 0.2) is 0 Å². The van der Waals surface area contributed by atoms with Gasteiger partial charge in [-0.15, -0.1) is 11.8 Å². The SMILES string of the molecule is CSc1ccc([N+](=O)[O-])c(C(=O)NCCOc2cccc(F)c2)c1. The predicted molar refractivity (Wildman–Crippen MR) is 89.1 cm³/mol. The summed E-state index contributed by atoms with van der Waals surface area (Å²) in [6, 6.07) is 10.0. The van der Waals surface area contributed by atoms with E-state index >= 15 is 0 Å². The smallest absolute Gasteiger partial charge is 0.282 e. The van der Waals surface area contributed by atoms with Crippen molar-refractivity contribution in [1.82, 2.24) is 5.32 Å². The lowest BCUT2D eigenvalue weighted by Crippen LogP contribution is -2.28. The molecule has 1 N–H and O–H groups in total. The third-order valence-corrected chi connectivity index (χ3v) is 3.82. The maximum atomic E-state index is 13.0. The van der Waals surface area contributed by atoms with Crippen molar-refractivity contribution in [3.63, 3.8) is 0 Å². The highest BCUT2D eigenvalue weighted by molar-refractivity contribution is 7.98. The van der Waals surface area contributed by atoms with E-state index in [1.807, 2.05) is 6.26 Å². The number of benzene rings is 2. The highest BCUT2D eigenvalue weighted by Gasteiger charge is 2.20. The van der Waals surface area contributed by atoms with Crippen molar-refractivity contribution in [3.05, 3.63) is 64.0 Å². The van der Waals surface area contributed by atoms with Crippen molar-refractivity contribution < 1.29 is 18.8 Å². The highest BCUT2D eigenvalue weighted by Crippen LogP contribution is 2.24. The van der Waals surface area contributed by atoms with Gasteiger partial charge in [-0.1, -0.05) is 6.07 Å². The molecule has 0 saturated heterocycles. The zero-order chi connectivity index (χ0) is 17.5. The molecule has 0 spiro atoms. The van der Waals surface area contributed by atoms with Crippen LogP contribution in [0.4, 0.5) is 10.1 Å². The fourth-order valence-corrected chi connectivity index (χ4v) is 2.41. The van der Waals surface area contributed by atoms with E-state index in [9.17, 15) is 19.3 Å². The molecule has 0 radical (unpaired) electrons. The van der Waals surface area contributed by atoms with Crippen LogP contribution in [0.1, 0.15) is 10.4 Å². The molecule has 0 atom stereocenters.